The molecular weight excluding hydrogens is 252 g/mol. The van der Waals surface area contributed by atoms with E-state index in [2.05, 4.69) is 19.1 Å². The quantitative estimate of drug-likeness (QED) is 0.501. The number of allylic oxidation sites excluding steroid dienone is 1. The predicted octanol–water partition coefficient (Wildman–Crippen LogP) is 4.61. The van der Waals surface area contributed by atoms with Gasteiger partial charge >= 0.3 is 9.28 Å². The van der Waals surface area contributed by atoms with Crippen molar-refractivity contribution in [2.45, 2.75) is 70.3 Å². The Bertz CT molecular complexity index is 255. The summed E-state index contributed by atoms with van der Waals surface area (Å²) >= 11 is 0. The highest BCUT2D eigenvalue weighted by Gasteiger charge is 2.30. The maximum absolute atomic E-state index is 6.05. The van der Waals surface area contributed by atoms with E-state index in [1.807, 2.05) is 0 Å². The molecule has 0 aliphatic heterocycles. The highest BCUT2D eigenvalue weighted by Crippen LogP contribution is 2.33. The lowest BCUT2D eigenvalue weighted by Crippen LogP contribution is -2.28. The van der Waals surface area contributed by atoms with Gasteiger partial charge in [-0.3, -0.25) is 0 Å². The van der Waals surface area contributed by atoms with E-state index in [0.717, 1.165) is 24.7 Å². The monoisotopic (exact) mass is 281 g/mol. The van der Waals surface area contributed by atoms with Crippen molar-refractivity contribution < 1.29 is 8.85 Å². The minimum atomic E-state index is -1.03. The largest absolute Gasteiger partial charge is 0.393 e. The van der Waals surface area contributed by atoms with Crippen molar-refractivity contribution in [2.75, 3.05) is 13.2 Å². The zero-order valence-corrected chi connectivity index (χ0v) is 13.4. The van der Waals surface area contributed by atoms with Crippen LogP contribution in [-0.4, -0.2) is 22.5 Å². The van der Waals surface area contributed by atoms with Gasteiger partial charge in [-0.25, -0.2) is 0 Å². The first-order chi connectivity index (χ1) is 9.40. The maximum Gasteiger partial charge on any atom is 0.388 e. The van der Waals surface area contributed by atoms with Gasteiger partial charge in [-0.2, -0.15) is 0 Å². The van der Waals surface area contributed by atoms with Gasteiger partial charge in [0.05, 0.1) is 6.61 Å². The number of rotatable bonds is 7. The van der Waals surface area contributed by atoms with E-state index in [1.54, 1.807) is 0 Å². The van der Waals surface area contributed by atoms with Crippen LogP contribution in [0, 0.1) is 5.92 Å². The van der Waals surface area contributed by atoms with Crippen LogP contribution in [0.3, 0.4) is 0 Å². The van der Waals surface area contributed by atoms with E-state index in [9.17, 15) is 0 Å². The van der Waals surface area contributed by atoms with Crippen LogP contribution in [-0.2, 0) is 8.85 Å². The van der Waals surface area contributed by atoms with Gasteiger partial charge in [-0.15, -0.1) is 0 Å². The molecule has 2 aliphatic carbocycles. The predicted molar refractivity (Wildman–Crippen MR) is 81.3 cm³/mol. The molecule has 0 atom stereocenters. The second-order valence-corrected chi connectivity index (χ2v) is 7.90. The summed E-state index contributed by atoms with van der Waals surface area (Å²) in [5, 5.41) is 0. The molecule has 109 valence electrons. The zero-order chi connectivity index (χ0) is 13.3. The van der Waals surface area contributed by atoms with Gasteiger partial charge in [-0.1, -0.05) is 44.3 Å². The van der Waals surface area contributed by atoms with Crippen molar-refractivity contribution in [1.82, 2.24) is 0 Å². The average molecular weight is 281 g/mol. The third-order valence-corrected chi connectivity index (χ3v) is 6.62. The third-order valence-electron chi connectivity index (χ3n) is 4.35. The smallest absolute Gasteiger partial charge is 0.388 e. The van der Waals surface area contributed by atoms with Crippen molar-refractivity contribution in [3.8, 4) is 0 Å². The Hall–Kier alpha value is -0.123. The van der Waals surface area contributed by atoms with Crippen LogP contribution in [0.15, 0.2) is 12.2 Å². The molecule has 0 N–H and O–H groups in total. The van der Waals surface area contributed by atoms with Crippen LogP contribution >= 0.6 is 0 Å². The molecule has 0 amide bonds. The molecule has 2 nitrogen and oxygen atoms in total. The number of hydrogen-bond donors (Lipinski definition) is 0. The SMILES string of the molecule is CCO[Si](OCC=CC1CCCCC1)C1CCCC1. The first-order valence-electron chi connectivity index (χ1n) is 8.19. The van der Waals surface area contributed by atoms with E-state index in [-0.39, 0.29) is 0 Å². The standard InChI is InChI=1S/C16H29O2Si/c1-2-17-19(16-12-6-7-13-16)18-14-8-11-15-9-4-3-5-10-15/h8,11,15-16H,2-7,9-10,12-14H2,1H3. The van der Waals surface area contributed by atoms with E-state index in [4.69, 9.17) is 8.85 Å². The van der Waals surface area contributed by atoms with Crippen LogP contribution in [0.1, 0.15) is 64.7 Å². The topological polar surface area (TPSA) is 18.5 Å². The van der Waals surface area contributed by atoms with Gasteiger partial charge < -0.3 is 8.85 Å². The van der Waals surface area contributed by atoms with Crippen molar-refractivity contribution in [1.29, 1.82) is 0 Å². The molecule has 2 fully saturated rings. The normalized spacial score (nSPS) is 22.8. The highest BCUT2D eigenvalue weighted by atomic mass is 28.3. The molecule has 1 radical (unpaired) electrons. The molecule has 0 heterocycles. The Labute approximate surface area is 120 Å². The minimum absolute atomic E-state index is 0.730. The summed E-state index contributed by atoms with van der Waals surface area (Å²) in [4.78, 5) is 0. The summed E-state index contributed by atoms with van der Waals surface area (Å²) in [6.45, 7) is 3.65. The molecule has 0 saturated heterocycles. The Kier molecular flexibility index (Phi) is 7.18. The molecule has 2 aliphatic rings. The summed E-state index contributed by atoms with van der Waals surface area (Å²) in [7, 11) is -1.03. The summed E-state index contributed by atoms with van der Waals surface area (Å²) in [5.74, 6) is 0.812. The molecular formula is C16H29O2Si. The van der Waals surface area contributed by atoms with Gasteiger partial charge in [0.2, 0.25) is 0 Å². The van der Waals surface area contributed by atoms with Gasteiger partial charge in [0.25, 0.3) is 0 Å². The third kappa shape index (κ3) is 5.40. The van der Waals surface area contributed by atoms with Crippen LogP contribution in [0.5, 0.6) is 0 Å². The molecule has 0 aromatic heterocycles. The first kappa shape index (κ1) is 15.3. The summed E-state index contributed by atoms with van der Waals surface area (Å²) < 4.78 is 11.9. The fraction of sp³-hybridized carbons (Fsp3) is 0.875. The van der Waals surface area contributed by atoms with E-state index >= 15 is 0 Å². The lowest BCUT2D eigenvalue weighted by molar-refractivity contribution is 0.212. The Morgan fingerprint density at radius 2 is 1.63 bits per heavy atom. The minimum Gasteiger partial charge on any atom is -0.393 e. The summed E-state index contributed by atoms with van der Waals surface area (Å²) in [6.07, 6.45) is 17.0. The highest BCUT2D eigenvalue weighted by molar-refractivity contribution is 6.46. The fourth-order valence-electron chi connectivity index (χ4n) is 3.29. The van der Waals surface area contributed by atoms with Crippen molar-refractivity contribution in [2.24, 2.45) is 5.92 Å². The Morgan fingerprint density at radius 1 is 0.947 bits per heavy atom. The van der Waals surface area contributed by atoms with E-state index in [0.29, 0.717) is 0 Å². The second-order valence-electron chi connectivity index (χ2n) is 5.87. The molecule has 0 spiro atoms. The molecule has 0 bridgehead atoms. The van der Waals surface area contributed by atoms with Crippen LogP contribution in [0.25, 0.3) is 0 Å². The van der Waals surface area contributed by atoms with Gasteiger partial charge in [0.1, 0.15) is 0 Å². The molecule has 0 aromatic rings. The van der Waals surface area contributed by atoms with E-state index < -0.39 is 9.28 Å². The Morgan fingerprint density at radius 3 is 2.32 bits per heavy atom. The molecule has 2 rings (SSSR count). The molecule has 19 heavy (non-hydrogen) atoms. The lowest BCUT2D eigenvalue weighted by Gasteiger charge is -2.20. The van der Waals surface area contributed by atoms with Crippen molar-refractivity contribution in [3.63, 3.8) is 0 Å². The average Bonchev–Trinajstić information content (AvgIpc) is 2.97. The fourth-order valence-corrected chi connectivity index (χ4v) is 5.27. The van der Waals surface area contributed by atoms with Crippen LogP contribution < -0.4 is 0 Å². The maximum atomic E-state index is 6.05. The molecule has 0 aromatic carbocycles. The van der Waals surface area contributed by atoms with E-state index in [1.165, 1.54) is 57.8 Å². The molecule has 3 heteroatoms. The number of hydrogen-bond acceptors (Lipinski definition) is 2. The van der Waals surface area contributed by atoms with Gasteiger partial charge in [0, 0.05) is 12.1 Å². The lowest BCUT2D eigenvalue weighted by atomic mass is 9.89. The Balaban J connectivity index is 1.67. The van der Waals surface area contributed by atoms with Crippen LogP contribution in [0.4, 0.5) is 0 Å². The second kappa shape index (κ2) is 8.93. The van der Waals surface area contributed by atoms with Gasteiger partial charge in [0.15, 0.2) is 0 Å². The summed E-state index contributed by atoms with van der Waals surface area (Å²) in [6, 6.07) is 0. The van der Waals surface area contributed by atoms with Crippen molar-refractivity contribution in [3.05, 3.63) is 12.2 Å². The molecule has 2 saturated carbocycles. The molecule has 0 unspecified atom stereocenters. The van der Waals surface area contributed by atoms with Crippen molar-refractivity contribution >= 4 is 9.28 Å². The van der Waals surface area contributed by atoms with Gasteiger partial charge in [-0.05, 0) is 38.5 Å². The summed E-state index contributed by atoms with van der Waals surface area (Å²) in [5.41, 5.74) is 0.730. The first-order valence-corrected chi connectivity index (χ1v) is 9.58. The van der Waals surface area contributed by atoms with Crippen LogP contribution in [0.2, 0.25) is 5.54 Å². The zero-order valence-electron chi connectivity index (χ0n) is 12.4.